The number of rotatable bonds is 7. The van der Waals surface area contributed by atoms with Crippen LogP contribution in [0.4, 0.5) is 0 Å². The summed E-state index contributed by atoms with van der Waals surface area (Å²) >= 11 is 0. The van der Waals surface area contributed by atoms with Crippen molar-refractivity contribution in [3.63, 3.8) is 0 Å². The van der Waals surface area contributed by atoms with Gasteiger partial charge in [-0.25, -0.2) is 4.98 Å². The molecule has 2 aromatic carbocycles. The van der Waals surface area contributed by atoms with E-state index in [-0.39, 0.29) is 7.92 Å². The lowest BCUT2D eigenvalue weighted by atomic mass is 9.99. The molecule has 3 aliphatic rings. The summed E-state index contributed by atoms with van der Waals surface area (Å²) in [5.74, 6) is 0. The fraction of sp³-hybridized carbons (Fsp3) is 0.606. The zero-order valence-electron chi connectivity index (χ0n) is 22.2. The normalized spacial score (nSPS) is 21.4. The third-order valence-corrected chi connectivity index (χ3v) is 14.8. The largest absolute Gasteiger partial charge is 0.247 e. The fourth-order valence-corrected chi connectivity index (χ4v) is 12.8. The monoisotopic (exact) mass is 517 g/mol. The van der Waals surface area contributed by atoms with Crippen molar-refractivity contribution in [2.45, 2.75) is 126 Å². The predicted octanol–water partition coefficient (Wildman–Crippen LogP) is 10.5. The Hall–Kier alpha value is -1.03. The molecule has 0 aliphatic heterocycles. The molecule has 192 valence electrons. The molecule has 3 saturated carbocycles. The summed E-state index contributed by atoms with van der Waals surface area (Å²) in [4.78, 5) is 5.50. The third kappa shape index (κ3) is 5.84. The van der Waals surface area contributed by atoms with Gasteiger partial charge >= 0.3 is 0 Å². The van der Waals surface area contributed by atoms with Crippen molar-refractivity contribution in [2.75, 3.05) is 0 Å². The van der Waals surface area contributed by atoms with E-state index in [1.165, 1.54) is 136 Å². The Morgan fingerprint density at radius 2 is 1.17 bits per heavy atom. The smallest absolute Gasteiger partial charge is 0.0745 e. The number of pyridine rings is 1. The molecule has 0 N–H and O–H groups in total. The van der Waals surface area contributed by atoms with E-state index in [0.29, 0.717) is 0 Å². The van der Waals surface area contributed by atoms with E-state index in [9.17, 15) is 0 Å². The Bertz CT molecular complexity index is 1120. The van der Waals surface area contributed by atoms with Crippen molar-refractivity contribution in [3.8, 4) is 0 Å². The predicted molar refractivity (Wildman–Crippen MR) is 163 cm³/mol. The molecule has 36 heavy (non-hydrogen) atoms. The van der Waals surface area contributed by atoms with Crippen LogP contribution in [-0.2, 0) is 12.3 Å². The number of hydrogen-bond donors (Lipinski definition) is 0. The highest BCUT2D eigenvalue weighted by molar-refractivity contribution is 7.58. The van der Waals surface area contributed by atoms with Gasteiger partial charge in [0.05, 0.1) is 11.0 Å². The van der Waals surface area contributed by atoms with Crippen LogP contribution in [0.3, 0.4) is 0 Å². The molecule has 0 spiro atoms. The number of aromatic nitrogens is 1. The number of hydrogen-bond acceptors (Lipinski definition) is 1. The summed E-state index contributed by atoms with van der Waals surface area (Å²) in [6, 6.07) is 16.4. The van der Waals surface area contributed by atoms with Crippen LogP contribution in [0.5, 0.6) is 0 Å². The molecule has 3 heteroatoms. The average molecular weight is 518 g/mol. The lowest BCUT2D eigenvalue weighted by molar-refractivity contribution is 0.484. The molecule has 3 aliphatic carbocycles. The zero-order valence-corrected chi connectivity index (χ0v) is 24.1. The molecule has 0 amide bonds. The Morgan fingerprint density at radius 3 is 1.78 bits per heavy atom. The van der Waals surface area contributed by atoms with Gasteiger partial charge in [-0.1, -0.05) is 102 Å². The van der Waals surface area contributed by atoms with E-state index in [1.807, 2.05) is 0 Å². The highest BCUT2D eigenvalue weighted by Gasteiger charge is 2.31. The maximum atomic E-state index is 5.50. The first-order valence-corrected chi connectivity index (χ1v) is 18.1. The van der Waals surface area contributed by atoms with Gasteiger partial charge in [0.2, 0.25) is 0 Å². The topological polar surface area (TPSA) is 12.9 Å². The highest BCUT2D eigenvalue weighted by Crippen LogP contribution is 2.58. The van der Waals surface area contributed by atoms with Gasteiger partial charge in [-0.05, 0) is 85.0 Å². The molecule has 0 saturated heterocycles. The maximum Gasteiger partial charge on any atom is 0.0745 e. The molecule has 1 nitrogen and oxygen atoms in total. The van der Waals surface area contributed by atoms with Crippen LogP contribution in [0.1, 0.15) is 107 Å². The lowest BCUT2D eigenvalue weighted by Crippen LogP contribution is -2.21. The van der Waals surface area contributed by atoms with Crippen molar-refractivity contribution in [2.24, 2.45) is 0 Å². The second-order valence-electron chi connectivity index (χ2n) is 11.9. The van der Waals surface area contributed by atoms with Crippen LogP contribution in [0.2, 0.25) is 0 Å². The van der Waals surface area contributed by atoms with Crippen LogP contribution < -0.4 is 0 Å². The molecule has 0 bridgehead atoms. The Kier molecular flexibility index (Phi) is 8.57. The number of para-hydroxylation sites is 2. The quantitative estimate of drug-likeness (QED) is 0.224. The lowest BCUT2D eigenvalue weighted by Gasteiger charge is -2.38. The molecule has 6 rings (SSSR count). The van der Waals surface area contributed by atoms with Crippen LogP contribution in [0, 0.1) is 0 Å². The summed E-state index contributed by atoms with van der Waals surface area (Å²) in [5.41, 5.74) is 8.62. The van der Waals surface area contributed by atoms with Gasteiger partial charge in [0, 0.05) is 10.8 Å². The number of fused-ring (bicyclic) bond motifs is 2. The summed E-state index contributed by atoms with van der Waals surface area (Å²) in [5, 5.41) is 2.70. The molecule has 1 atom stereocenters. The van der Waals surface area contributed by atoms with Crippen molar-refractivity contribution >= 4 is 38.3 Å². The molecule has 1 aromatic heterocycles. The maximum absolute atomic E-state index is 5.50. The van der Waals surface area contributed by atoms with E-state index in [4.69, 9.17) is 4.98 Å². The van der Waals surface area contributed by atoms with Crippen LogP contribution in [0.25, 0.3) is 21.8 Å². The Labute approximate surface area is 222 Å². The zero-order chi connectivity index (χ0) is 24.2. The van der Waals surface area contributed by atoms with Crippen molar-refractivity contribution < 1.29 is 0 Å². The minimum atomic E-state index is 0.0485. The Balaban J connectivity index is 1.31. The Morgan fingerprint density at radius 1 is 0.639 bits per heavy atom. The average Bonchev–Trinajstić information content (AvgIpc) is 2.95. The highest BCUT2D eigenvalue weighted by atomic mass is 31.1. The standard InChI is InChI=1S/C33H45NP2/c1-4-16-29(17-5-1)35-23-27-14-10-12-25-22-26-13-11-15-28(33(26)34-32(25)27)24-36(30-18-6-2-7-19-30)31-20-8-3-9-21-31/h10-15,22,29-31,35H,1-9,16-21,23-24H2. The first-order valence-electron chi connectivity index (χ1n) is 15.1. The summed E-state index contributed by atoms with van der Waals surface area (Å²) in [6.07, 6.45) is 24.6. The molecule has 3 aromatic rings. The van der Waals surface area contributed by atoms with Gasteiger partial charge in [0.25, 0.3) is 0 Å². The van der Waals surface area contributed by atoms with E-state index in [1.54, 1.807) is 5.56 Å². The summed E-state index contributed by atoms with van der Waals surface area (Å²) in [7, 11) is 1.11. The number of benzene rings is 2. The van der Waals surface area contributed by atoms with Gasteiger partial charge in [0.15, 0.2) is 0 Å². The molecule has 1 unspecified atom stereocenters. The van der Waals surface area contributed by atoms with Crippen LogP contribution in [-0.4, -0.2) is 22.0 Å². The van der Waals surface area contributed by atoms with Gasteiger partial charge in [-0.15, -0.1) is 8.58 Å². The summed E-state index contributed by atoms with van der Waals surface area (Å²) < 4.78 is 0. The van der Waals surface area contributed by atoms with Gasteiger partial charge in [-0.2, -0.15) is 0 Å². The first kappa shape index (κ1) is 25.3. The third-order valence-electron chi connectivity index (χ3n) is 9.46. The second-order valence-corrected chi connectivity index (χ2v) is 16.3. The van der Waals surface area contributed by atoms with E-state index >= 15 is 0 Å². The van der Waals surface area contributed by atoms with Gasteiger partial charge < -0.3 is 0 Å². The van der Waals surface area contributed by atoms with Crippen molar-refractivity contribution in [1.82, 2.24) is 4.98 Å². The van der Waals surface area contributed by atoms with Crippen LogP contribution in [0.15, 0.2) is 42.5 Å². The SMILES string of the molecule is c1cc(CPC2CCCCC2)c2nc3c(CP(C4CCCCC4)C4CCCCC4)cccc3cc2c1. The second kappa shape index (κ2) is 12.2. The van der Waals surface area contributed by atoms with E-state index in [2.05, 4.69) is 42.5 Å². The van der Waals surface area contributed by atoms with Crippen molar-refractivity contribution in [3.05, 3.63) is 53.6 Å². The fourth-order valence-electron chi connectivity index (χ4n) is 7.42. The molecular weight excluding hydrogens is 472 g/mol. The molecular formula is C33H45NP2. The van der Waals surface area contributed by atoms with Gasteiger partial charge in [0.1, 0.15) is 0 Å². The number of nitrogens with zero attached hydrogens (tertiary/aromatic N) is 1. The minimum absolute atomic E-state index is 0.0485. The van der Waals surface area contributed by atoms with Crippen molar-refractivity contribution in [1.29, 1.82) is 0 Å². The molecule has 0 radical (unpaired) electrons. The van der Waals surface area contributed by atoms with Crippen LogP contribution >= 0.6 is 16.5 Å². The van der Waals surface area contributed by atoms with Gasteiger partial charge in [-0.3, -0.25) is 0 Å². The summed E-state index contributed by atoms with van der Waals surface area (Å²) in [6.45, 7) is 0. The first-order chi connectivity index (χ1) is 17.8. The molecule has 1 heterocycles. The van der Waals surface area contributed by atoms with E-state index in [0.717, 1.165) is 25.6 Å². The van der Waals surface area contributed by atoms with E-state index < -0.39 is 0 Å². The molecule has 3 fully saturated rings. The minimum Gasteiger partial charge on any atom is -0.247 e.